The fraction of sp³-hybridized carbons (Fsp3) is 0.844. The van der Waals surface area contributed by atoms with Crippen LogP contribution in [0.5, 0.6) is 0 Å². The van der Waals surface area contributed by atoms with Gasteiger partial charge in [0.05, 0.1) is 37.0 Å². The fourth-order valence-electron chi connectivity index (χ4n) is 8.89. The summed E-state index contributed by atoms with van der Waals surface area (Å²) in [7, 11) is 0. The molecule has 4 fully saturated rings. The molecule has 1 aromatic rings. The molecule has 4 heterocycles. The van der Waals surface area contributed by atoms with Crippen molar-refractivity contribution in [2.75, 3.05) is 25.4 Å². The number of fused-ring (bicyclic) bond motifs is 2. The van der Waals surface area contributed by atoms with Gasteiger partial charge < -0.3 is 15.2 Å². The first-order valence-corrected chi connectivity index (χ1v) is 18.6. The monoisotopic (exact) mass is 744 g/mol. The zero-order valence-electron chi connectivity index (χ0n) is 27.1. The number of ether oxygens (including phenoxy) is 2. The highest BCUT2D eigenvalue weighted by Crippen LogP contribution is 2.48. The Morgan fingerprint density at radius 3 is 2.49 bits per heavy atom. The number of halogens is 7. The molecule has 3 saturated heterocycles. The third-order valence-corrected chi connectivity index (χ3v) is 13.1. The van der Waals surface area contributed by atoms with E-state index in [2.05, 4.69) is 15.0 Å². The standard InChI is InChI=1S/C32H43ClF6N4O5S/c1-16-12-21(27-26(40-16)23(15-49-27)29(45)46)20-13-17(33)2-5-25(20)47-11-10-43-28(44)22-14-18(3-4-24(22)41-30(43)31(34,35)36)42-8-6-19(7-9-42)48-32(37,38)39/h16-21,23,25-27,40H,2-15H2,1H3,(H,45,46)/t16?,17?,18-,20?,21?,23?,25?,26?,27?/m1/s1. The minimum atomic E-state index is -4.87. The third-order valence-electron chi connectivity index (χ3n) is 11.1. The number of piperidine rings is 2. The van der Waals surface area contributed by atoms with E-state index in [1.165, 1.54) is 0 Å². The molecule has 2 N–H and O–H groups in total. The molecule has 9 atom stereocenters. The molecule has 0 radical (unpaired) electrons. The predicted octanol–water partition coefficient (Wildman–Crippen LogP) is 5.10. The highest BCUT2D eigenvalue weighted by molar-refractivity contribution is 8.00. The Labute approximate surface area is 289 Å². The number of likely N-dealkylation sites (tertiary alicyclic amines) is 1. The molecule has 49 heavy (non-hydrogen) atoms. The summed E-state index contributed by atoms with van der Waals surface area (Å²) in [6.07, 6.45) is -6.99. The van der Waals surface area contributed by atoms with Gasteiger partial charge in [-0.15, -0.1) is 24.8 Å². The lowest BCUT2D eigenvalue weighted by Crippen LogP contribution is -2.57. The summed E-state index contributed by atoms with van der Waals surface area (Å²) < 4.78 is 92.0. The second-order valence-electron chi connectivity index (χ2n) is 14.2. The van der Waals surface area contributed by atoms with E-state index in [-0.39, 0.29) is 96.8 Å². The van der Waals surface area contributed by atoms with E-state index in [9.17, 15) is 41.0 Å². The molecule has 2 aliphatic carbocycles. The summed E-state index contributed by atoms with van der Waals surface area (Å²) in [5.74, 6) is -1.99. The van der Waals surface area contributed by atoms with Crippen molar-refractivity contribution in [3.8, 4) is 0 Å². The van der Waals surface area contributed by atoms with Crippen LogP contribution in [0.1, 0.15) is 69.0 Å². The number of aryl methyl sites for hydroxylation is 1. The smallest absolute Gasteiger partial charge is 0.481 e. The molecule has 8 unspecified atom stereocenters. The summed E-state index contributed by atoms with van der Waals surface area (Å²) in [6.45, 7) is 2.19. The Kier molecular flexibility index (Phi) is 11.2. The topological polar surface area (TPSA) is 106 Å². The molecule has 0 spiro atoms. The molecule has 6 rings (SSSR count). The van der Waals surface area contributed by atoms with E-state index in [1.54, 1.807) is 11.8 Å². The summed E-state index contributed by atoms with van der Waals surface area (Å²) in [4.78, 5) is 31.6. The van der Waals surface area contributed by atoms with Gasteiger partial charge in [0.25, 0.3) is 5.56 Å². The van der Waals surface area contributed by atoms with Crippen molar-refractivity contribution in [2.45, 2.75) is 125 Å². The molecule has 276 valence electrons. The van der Waals surface area contributed by atoms with E-state index in [1.807, 2.05) is 11.8 Å². The summed E-state index contributed by atoms with van der Waals surface area (Å²) >= 11 is 8.29. The van der Waals surface area contributed by atoms with Gasteiger partial charge in [-0.25, -0.2) is 4.98 Å². The molecule has 5 aliphatic rings. The lowest BCUT2D eigenvalue weighted by Gasteiger charge is -2.47. The van der Waals surface area contributed by atoms with Crippen molar-refractivity contribution in [1.29, 1.82) is 0 Å². The molecule has 0 amide bonds. The van der Waals surface area contributed by atoms with Crippen LogP contribution in [-0.4, -0.2) is 98.3 Å². The van der Waals surface area contributed by atoms with Crippen LogP contribution in [0.15, 0.2) is 4.79 Å². The first-order chi connectivity index (χ1) is 23.1. The van der Waals surface area contributed by atoms with E-state index in [0.717, 1.165) is 6.42 Å². The highest BCUT2D eigenvalue weighted by atomic mass is 35.5. The van der Waals surface area contributed by atoms with Crippen molar-refractivity contribution in [3.05, 3.63) is 27.4 Å². The van der Waals surface area contributed by atoms with E-state index in [4.69, 9.17) is 16.3 Å². The molecular formula is C32H43ClF6N4O5S. The number of aliphatic carboxylic acids is 1. The second-order valence-corrected chi connectivity index (χ2v) is 16.1. The summed E-state index contributed by atoms with van der Waals surface area (Å²) in [5.41, 5.74) is -0.441. The van der Waals surface area contributed by atoms with Crippen LogP contribution in [0.25, 0.3) is 0 Å². The number of carboxylic acids is 1. The first kappa shape index (κ1) is 37.2. The van der Waals surface area contributed by atoms with Crippen LogP contribution in [0.2, 0.25) is 0 Å². The number of hydrogen-bond donors (Lipinski definition) is 2. The maximum Gasteiger partial charge on any atom is 0.522 e. The normalized spacial score (nSPS) is 34.8. The number of nitrogens with one attached hydrogen (secondary N) is 1. The Bertz CT molecular complexity index is 1410. The average Bonchev–Trinajstić information content (AvgIpc) is 3.45. The number of rotatable bonds is 8. The van der Waals surface area contributed by atoms with Crippen LogP contribution >= 0.6 is 23.4 Å². The number of nitrogens with zero attached hydrogens (tertiary/aromatic N) is 3. The fourth-order valence-corrected chi connectivity index (χ4v) is 11.0. The zero-order valence-corrected chi connectivity index (χ0v) is 28.7. The Morgan fingerprint density at radius 2 is 1.82 bits per heavy atom. The van der Waals surface area contributed by atoms with Crippen LogP contribution in [-0.2, 0) is 39.8 Å². The van der Waals surface area contributed by atoms with Gasteiger partial charge in [0.15, 0.2) is 0 Å². The predicted molar refractivity (Wildman–Crippen MR) is 170 cm³/mol. The number of alkyl halides is 7. The minimum absolute atomic E-state index is 0.0137. The van der Waals surface area contributed by atoms with E-state index in [0.29, 0.717) is 49.1 Å². The first-order valence-electron chi connectivity index (χ1n) is 17.1. The second kappa shape index (κ2) is 14.8. The van der Waals surface area contributed by atoms with E-state index >= 15 is 0 Å². The SMILES string of the molecule is CC1CC(C2CC(Cl)CCC2OCCn2c(C(F)(F)F)nc3c(c2=O)C[C@H](N2CCC(OC(F)(F)F)CC2)CC3)C2SCC(C(=O)O)C2N1. The third kappa shape index (κ3) is 8.40. The molecular weight excluding hydrogens is 702 g/mol. The van der Waals surface area contributed by atoms with Gasteiger partial charge in [-0.05, 0) is 76.5 Å². The van der Waals surface area contributed by atoms with Crippen molar-refractivity contribution in [3.63, 3.8) is 0 Å². The van der Waals surface area contributed by atoms with Gasteiger partial charge in [0.1, 0.15) is 0 Å². The Hall–Kier alpha value is -1.59. The van der Waals surface area contributed by atoms with Crippen molar-refractivity contribution >= 4 is 29.3 Å². The molecule has 3 aliphatic heterocycles. The molecule has 0 aromatic carbocycles. The minimum Gasteiger partial charge on any atom is -0.481 e. The van der Waals surface area contributed by atoms with E-state index < -0.39 is 41.9 Å². The Balaban J connectivity index is 1.15. The molecule has 17 heteroatoms. The molecule has 9 nitrogen and oxygen atoms in total. The lowest BCUT2D eigenvalue weighted by atomic mass is 9.70. The van der Waals surface area contributed by atoms with Crippen LogP contribution in [0.3, 0.4) is 0 Å². The number of hydrogen-bond acceptors (Lipinski definition) is 8. The maximum atomic E-state index is 14.3. The van der Waals surface area contributed by atoms with Crippen molar-refractivity contribution in [1.82, 2.24) is 19.8 Å². The molecule has 1 saturated carbocycles. The van der Waals surface area contributed by atoms with Gasteiger partial charge in [-0.3, -0.25) is 23.8 Å². The maximum absolute atomic E-state index is 14.3. The Morgan fingerprint density at radius 1 is 1.08 bits per heavy atom. The summed E-state index contributed by atoms with van der Waals surface area (Å²) in [6, 6.07) is -0.307. The molecule has 1 aromatic heterocycles. The average molecular weight is 745 g/mol. The van der Waals surface area contributed by atoms with Gasteiger partial charge in [-0.1, -0.05) is 0 Å². The number of carboxylic acid groups (broad SMARTS) is 1. The van der Waals surface area contributed by atoms with Gasteiger partial charge in [0, 0.05) is 53.2 Å². The largest absolute Gasteiger partial charge is 0.522 e. The quantitative estimate of drug-likeness (QED) is 0.278. The van der Waals surface area contributed by atoms with Gasteiger partial charge in [0.2, 0.25) is 5.82 Å². The molecule has 0 bridgehead atoms. The zero-order chi connectivity index (χ0) is 35.2. The van der Waals surface area contributed by atoms with Crippen molar-refractivity contribution < 1.29 is 45.7 Å². The number of carbonyl (C=O) groups is 1. The number of aromatic nitrogens is 2. The lowest BCUT2D eigenvalue weighted by molar-refractivity contribution is -0.346. The van der Waals surface area contributed by atoms with Gasteiger partial charge in [-0.2, -0.15) is 24.9 Å². The van der Waals surface area contributed by atoms with Crippen LogP contribution in [0, 0.1) is 17.8 Å². The van der Waals surface area contributed by atoms with Crippen LogP contribution in [0.4, 0.5) is 26.3 Å². The summed E-state index contributed by atoms with van der Waals surface area (Å²) in [5, 5.41) is 13.2. The van der Waals surface area contributed by atoms with Crippen LogP contribution < -0.4 is 10.9 Å². The van der Waals surface area contributed by atoms with Crippen molar-refractivity contribution in [2.24, 2.45) is 17.8 Å². The highest BCUT2D eigenvalue weighted by Gasteiger charge is 2.52. The number of thioether (sulfide) groups is 1. The van der Waals surface area contributed by atoms with Gasteiger partial charge >= 0.3 is 18.5 Å².